The van der Waals surface area contributed by atoms with Crippen LogP contribution in [0.1, 0.15) is 50.7 Å². The number of hydrogen-bond acceptors (Lipinski definition) is 3. The molecule has 0 amide bonds. The fraction of sp³-hybridized carbons (Fsp3) is 0.286. The van der Waals surface area contributed by atoms with E-state index in [1.807, 2.05) is 18.2 Å². The van der Waals surface area contributed by atoms with Gasteiger partial charge >= 0.3 is 5.69 Å². The third-order valence-electron chi connectivity index (χ3n) is 5.68. The first kappa shape index (κ1) is 24.2. The quantitative estimate of drug-likeness (QED) is 0.170. The van der Waals surface area contributed by atoms with Crippen molar-refractivity contribution in [2.24, 2.45) is 0 Å². The van der Waals surface area contributed by atoms with Crippen LogP contribution in [0.3, 0.4) is 0 Å². The summed E-state index contributed by atoms with van der Waals surface area (Å²) in [4.78, 5) is 12.5. The fourth-order valence-electron chi connectivity index (χ4n) is 3.69. The molecule has 0 aromatic heterocycles. The van der Waals surface area contributed by atoms with Crippen molar-refractivity contribution in [3.05, 3.63) is 93.8 Å². The van der Waals surface area contributed by atoms with E-state index in [1.54, 1.807) is 6.08 Å². The van der Waals surface area contributed by atoms with Gasteiger partial charge in [0, 0.05) is 24.8 Å². The number of nitro benzene ring substituents is 1. The van der Waals surface area contributed by atoms with Crippen LogP contribution in [0.4, 0.5) is 15.8 Å². The summed E-state index contributed by atoms with van der Waals surface area (Å²) in [5.41, 5.74) is 4.61. The standard InChI is InChI=1S/C28H31FN2O2/c1-3-5-19-30(20-6-4-2)26-16-14-25(15-17-26)24-12-9-22(10-13-24)7-8-23-11-18-28(31(32)33)27(29)21-23/h7-18,21H,3-6,19-20H2,1-2H3/b8-7+. The van der Waals surface area contributed by atoms with Crippen LogP contribution in [0, 0.1) is 15.9 Å². The molecule has 172 valence electrons. The van der Waals surface area contributed by atoms with Crippen molar-refractivity contribution in [2.75, 3.05) is 18.0 Å². The molecule has 0 heterocycles. The molecule has 3 aromatic carbocycles. The highest BCUT2D eigenvalue weighted by atomic mass is 19.1. The summed E-state index contributed by atoms with van der Waals surface area (Å²) in [5.74, 6) is -0.830. The largest absolute Gasteiger partial charge is 0.372 e. The summed E-state index contributed by atoms with van der Waals surface area (Å²) in [6.07, 6.45) is 8.41. The Morgan fingerprint density at radius 2 is 1.33 bits per heavy atom. The number of rotatable bonds is 11. The number of anilines is 1. The maximum absolute atomic E-state index is 13.8. The van der Waals surface area contributed by atoms with Crippen molar-refractivity contribution < 1.29 is 9.31 Å². The van der Waals surface area contributed by atoms with Crippen molar-refractivity contribution in [3.63, 3.8) is 0 Å². The predicted molar refractivity (Wildman–Crippen MR) is 136 cm³/mol. The van der Waals surface area contributed by atoms with Gasteiger partial charge < -0.3 is 4.90 Å². The Morgan fingerprint density at radius 1 is 0.818 bits per heavy atom. The Hall–Kier alpha value is -3.47. The highest BCUT2D eigenvalue weighted by Gasteiger charge is 2.12. The molecule has 0 N–H and O–H groups in total. The second-order valence-electron chi connectivity index (χ2n) is 8.16. The molecule has 0 aliphatic carbocycles. The van der Waals surface area contributed by atoms with Crippen LogP contribution in [0.25, 0.3) is 23.3 Å². The first-order chi connectivity index (χ1) is 16.0. The van der Waals surface area contributed by atoms with Gasteiger partial charge in [0.15, 0.2) is 0 Å². The molecule has 0 saturated heterocycles. The summed E-state index contributed by atoms with van der Waals surface area (Å²) in [6, 6.07) is 20.8. The van der Waals surface area contributed by atoms with Gasteiger partial charge in [-0.2, -0.15) is 4.39 Å². The zero-order valence-corrected chi connectivity index (χ0v) is 19.3. The number of benzene rings is 3. The lowest BCUT2D eigenvalue weighted by Crippen LogP contribution is -2.25. The average molecular weight is 447 g/mol. The number of hydrogen-bond donors (Lipinski definition) is 0. The van der Waals surface area contributed by atoms with Gasteiger partial charge in [-0.25, -0.2) is 0 Å². The van der Waals surface area contributed by atoms with Crippen molar-refractivity contribution in [2.45, 2.75) is 39.5 Å². The second kappa shape index (κ2) is 12.0. The van der Waals surface area contributed by atoms with Crippen LogP contribution < -0.4 is 4.90 Å². The summed E-state index contributed by atoms with van der Waals surface area (Å²) in [7, 11) is 0. The Kier molecular flexibility index (Phi) is 8.76. The van der Waals surface area contributed by atoms with Crippen LogP contribution in [-0.4, -0.2) is 18.0 Å². The molecule has 0 bridgehead atoms. The first-order valence-corrected chi connectivity index (χ1v) is 11.6. The number of nitro groups is 1. The molecule has 0 aliphatic heterocycles. The van der Waals surface area contributed by atoms with Gasteiger partial charge in [0.05, 0.1) is 4.92 Å². The van der Waals surface area contributed by atoms with Gasteiger partial charge in [0.1, 0.15) is 0 Å². The van der Waals surface area contributed by atoms with Crippen molar-refractivity contribution in [1.82, 2.24) is 0 Å². The maximum Gasteiger partial charge on any atom is 0.304 e. The summed E-state index contributed by atoms with van der Waals surface area (Å²) in [5, 5.41) is 10.7. The molecule has 0 aliphatic rings. The number of nitrogens with zero attached hydrogens (tertiary/aromatic N) is 2. The van der Waals surface area contributed by atoms with Crippen molar-refractivity contribution in [3.8, 4) is 11.1 Å². The lowest BCUT2D eigenvalue weighted by molar-refractivity contribution is -0.387. The SMILES string of the molecule is CCCCN(CCCC)c1ccc(-c2ccc(/C=C/c3ccc([N+](=O)[O-])c(F)c3)cc2)cc1. The molecule has 0 radical (unpaired) electrons. The minimum absolute atomic E-state index is 0.513. The van der Waals surface area contributed by atoms with E-state index < -0.39 is 16.4 Å². The van der Waals surface area contributed by atoms with Crippen LogP contribution >= 0.6 is 0 Å². The second-order valence-corrected chi connectivity index (χ2v) is 8.16. The highest BCUT2D eigenvalue weighted by Crippen LogP contribution is 2.25. The molecule has 3 rings (SSSR count). The van der Waals surface area contributed by atoms with E-state index >= 15 is 0 Å². The summed E-state index contributed by atoms with van der Waals surface area (Å²) >= 11 is 0. The Morgan fingerprint density at radius 3 is 1.85 bits per heavy atom. The maximum atomic E-state index is 13.8. The molecule has 3 aromatic rings. The molecular weight excluding hydrogens is 415 g/mol. The molecule has 4 nitrogen and oxygen atoms in total. The van der Waals surface area contributed by atoms with E-state index in [9.17, 15) is 14.5 Å². The van der Waals surface area contributed by atoms with E-state index in [2.05, 4.69) is 55.1 Å². The van der Waals surface area contributed by atoms with Crippen molar-refractivity contribution in [1.29, 1.82) is 0 Å². The monoisotopic (exact) mass is 446 g/mol. The zero-order valence-electron chi connectivity index (χ0n) is 19.3. The van der Waals surface area contributed by atoms with Gasteiger partial charge in [0.25, 0.3) is 0 Å². The minimum atomic E-state index is -0.830. The van der Waals surface area contributed by atoms with Gasteiger partial charge in [-0.15, -0.1) is 0 Å². The molecule has 0 spiro atoms. The van der Waals surface area contributed by atoms with Crippen LogP contribution in [-0.2, 0) is 0 Å². The van der Waals surface area contributed by atoms with Crippen molar-refractivity contribution >= 4 is 23.5 Å². The van der Waals surface area contributed by atoms with E-state index in [4.69, 9.17) is 0 Å². The lowest BCUT2D eigenvalue weighted by Gasteiger charge is -2.25. The number of halogens is 1. The summed E-state index contributed by atoms with van der Waals surface area (Å²) in [6.45, 7) is 6.64. The van der Waals surface area contributed by atoms with Crippen LogP contribution in [0.5, 0.6) is 0 Å². The van der Waals surface area contributed by atoms with Gasteiger partial charge in [0.2, 0.25) is 5.82 Å². The molecular formula is C28H31FN2O2. The Balaban J connectivity index is 1.68. The van der Waals surface area contributed by atoms with Gasteiger partial charge in [-0.1, -0.05) is 75.2 Å². The topological polar surface area (TPSA) is 46.4 Å². The third kappa shape index (κ3) is 6.75. The van der Waals surface area contributed by atoms with E-state index in [0.29, 0.717) is 5.56 Å². The average Bonchev–Trinajstić information content (AvgIpc) is 2.83. The Labute approximate surface area is 195 Å². The van der Waals surface area contributed by atoms with E-state index in [-0.39, 0.29) is 0 Å². The van der Waals surface area contributed by atoms with Gasteiger partial charge in [-0.05, 0) is 59.4 Å². The van der Waals surface area contributed by atoms with Gasteiger partial charge in [-0.3, -0.25) is 10.1 Å². The lowest BCUT2D eigenvalue weighted by atomic mass is 10.0. The normalized spacial score (nSPS) is 11.1. The fourth-order valence-corrected chi connectivity index (χ4v) is 3.69. The third-order valence-corrected chi connectivity index (χ3v) is 5.68. The van der Waals surface area contributed by atoms with Crippen LogP contribution in [0.2, 0.25) is 0 Å². The number of unbranched alkanes of at least 4 members (excludes halogenated alkanes) is 2. The molecule has 0 atom stereocenters. The molecule has 0 saturated carbocycles. The molecule has 0 fully saturated rings. The molecule has 0 unspecified atom stereocenters. The smallest absolute Gasteiger partial charge is 0.304 e. The predicted octanol–water partition coefficient (Wildman–Crippen LogP) is 7.98. The minimum Gasteiger partial charge on any atom is -0.372 e. The zero-order chi connectivity index (χ0) is 23.6. The summed E-state index contributed by atoms with van der Waals surface area (Å²) < 4.78 is 13.8. The van der Waals surface area contributed by atoms with E-state index in [1.165, 1.54) is 49.6 Å². The van der Waals surface area contributed by atoms with E-state index in [0.717, 1.165) is 29.8 Å². The molecule has 5 heteroatoms. The highest BCUT2D eigenvalue weighted by molar-refractivity contribution is 5.73. The first-order valence-electron chi connectivity index (χ1n) is 11.6. The Bertz CT molecular complexity index is 1070. The van der Waals surface area contributed by atoms with Crippen LogP contribution in [0.15, 0.2) is 66.7 Å². The molecule has 33 heavy (non-hydrogen) atoms.